The van der Waals surface area contributed by atoms with Gasteiger partial charge in [-0.15, -0.1) is 0 Å². The van der Waals surface area contributed by atoms with Crippen molar-refractivity contribution in [2.75, 3.05) is 11.1 Å². The van der Waals surface area contributed by atoms with Gasteiger partial charge in [0.25, 0.3) is 0 Å². The van der Waals surface area contributed by atoms with E-state index in [4.69, 9.17) is 17.3 Å². The van der Waals surface area contributed by atoms with Gasteiger partial charge in [-0.1, -0.05) is 43.1 Å². The van der Waals surface area contributed by atoms with E-state index >= 15 is 0 Å². The summed E-state index contributed by atoms with van der Waals surface area (Å²) in [5, 5.41) is 3.80. The molecule has 4 heteroatoms. The maximum absolute atomic E-state index is 5.88. The van der Waals surface area contributed by atoms with Crippen LogP contribution in [0.15, 0.2) is 36.5 Å². The number of hydrogen-bond acceptors (Lipinski definition) is 3. The van der Waals surface area contributed by atoms with E-state index < -0.39 is 0 Å². The SMILES string of the molecule is CCCc1ccccc1Nc1ncc(Cl)cc1N. The van der Waals surface area contributed by atoms with Crippen LogP contribution in [0, 0.1) is 0 Å². The average Bonchev–Trinajstić information content (AvgIpc) is 2.35. The molecule has 0 saturated carbocycles. The molecule has 1 heterocycles. The molecule has 0 bridgehead atoms. The van der Waals surface area contributed by atoms with Crippen LogP contribution in [0.1, 0.15) is 18.9 Å². The quantitative estimate of drug-likeness (QED) is 0.874. The molecule has 0 aliphatic carbocycles. The number of nitrogens with zero attached hydrogens (tertiary/aromatic N) is 1. The van der Waals surface area contributed by atoms with Crippen LogP contribution in [0.4, 0.5) is 17.2 Å². The first-order valence-electron chi connectivity index (χ1n) is 5.96. The molecule has 0 radical (unpaired) electrons. The first kappa shape index (κ1) is 12.7. The summed E-state index contributed by atoms with van der Waals surface area (Å²) >= 11 is 5.83. The van der Waals surface area contributed by atoms with Crippen LogP contribution in [0.3, 0.4) is 0 Å². The van der Waals surface area contributed by atoms with Crippen LogP contribution < -0.4 is 11.1 Å². The number of anilines is 3. The zero-order valence-corrected chi connectivity index (χ0v) is 11.0. The Balaban J connectivity index is 2.28. The highest BCUT2D eigenvalue weighted by atomic mass is 35.5. The summed E-state index contributed by atoms with van der Waals surface area (Å²) in [6, 6.07) is 9.86. The minimum atomic E-state index is 0.542. The van der Waals surface area contributed by atoms with Gasteiger partial charge in [0.2, 0.25) is 0 Å². The fourth-order valence-corrected chi connectivity index (χ4v) is 1.98. The maximum Gasteiger partial charge on any atom is 0.153 e. The number of nitrogen functional groups attached to an aromatic ring is 1. The van der Waals surface area contributed by atoms with Gasteiger partial charge in [-0.2, -0.15) is 0 Å². The van der Waals surface area contributed by atoms with Crippen LogP contribution >= 0.6 is 11.6 Å². The van der Waals surface area contributed by atoms with Gasteiger partial charge in [-0.25, -0.2) is 4.98 Å². The van der Waals surface area contributed by atoms with E-state index in [0.717, 1.165) is 18.5 Å². The molecule has 3 nitrogen and oxygen atoms in total. The summed E-state index contributed by atoms with van der Waals surface area (Å²) in [4.78, 5) is 4.21. The molecule has 1 aromatic heterocycles. The van der Waals surface area contributed by atoms with Crippen LogP contribution in [0.5, 0.6) is 0 Å². The molecule has 18 heavy (non-hydrogen) atoms. The molecule has 0 unspecified atom stereocenters. The third-order valence-electron chi connectivity index (χ3n) is 2.67. The number of halogens is 1. The third-order valence-corrected chi connectivity index (χ3v) is 2.88. The van der Waals surface area contributed by atoms with Crippen molar-refractivity contribution in [2.24, 2.45) is 0 Å². The summed E-state index contributed by atoms with van der Waals surface area (Å²) < 4.78 is 0. The van der Waals surface area contributed by atoms with Crippen molar-refractivity contribution >= 4 is 28.8 Å². The summed E-state index contributed by atoms with van der Waals surface area (Å²) in [5.41, 5.74) is 8.74. The van der Waals surface area contributed by atoms with E-state index in [2.05, 4.69) is 23.3 Å². The smallest absolute Gasteiger partial charge is 0.153 e. The fourth-order valence-electron chi connectivity index (χ4n) is 1.82. The topological polar surface area (TPSA) is 50.9 Å². The fraction of sp³-hybridized carbons (Fsp3) is 0.214. The Bertz CT molecular complexity index is 540. The highest BCUT2D eigenvalue weighted by molar-refractivity contribution is 6.30. The number of aryl methyl sites for hydroxylation is 1. The predicted octanol–water partition coefficient (Wildman–Crippen LogP) is 4.01. The lowest BCUT2D eigenvalue weighted by molar-refractivity contribution is 0.923. The largest absolute Gasteiger partial charge is 0.396 e. The van der Waals surface area contributed by atoms with E-state index in [1.165, 1.54) is 5.56 Å². The molecular weight excluding hydrogens is 246 g/mol. The molecule has 0 aliphatic heterocycles. The lowest BCUT2D eigenvalue weighted by Crippen LogP contribution is -2.01. The number of nitrogens with one attached hydrogen (secondary N) is 1. The number of hydrogen-bond donors (Lipinski definition) is 2. The minimum absolute atomic E-state index is 0.542. The van der Waals surface area contributed by atoms with Crippen molar-refractivity contribution in [2.45, 2.75) is 19.8 Å². The zero-order valence-electron chi connectivity index (χ0n) is 10.3. The Morgan fingerprint density at radius 1 is 1.33 bits per heavy atom. The average molecular weight is 262 g/mol. The molecule has 3 N–H and O–H groups in total. The number of para-hydroxylation sites is 1. The molecule has 2 aromatic rings. The Morgan fingerprint density at radius 2 is 2.11 bits per heavy atom. The second kappa shape index (κ2) is 5.74. The monoisotopic (exact) mass is 261 g/mol. The normalized spacial score (nSPS) is 10.3. The Hall–Kier alpha value is -1.74. The lowest BCUT2D eigenvalue weighted by Gasteiger charge is -2.12. The maximum atomic E-state index is 5.88. The zero-order chi connectivity index (χ0) is 13.0. The standard InChI is InChI=1S/C14H16ClN3/c1-2-5-10-6-3-4-7-13(10)18-14-12(16)8-11(15)9-17-14/h3-4,6-9H,2,5,16H2,1H3,(H,17,18). The van der Waals surface area contributed by atoms with E-state index in [1.54, 1.807) is 12.3 Å². The lowest BCUT2D eigenvalue weighted by atomic mass is 10.1. The first-order valence-corrected chi connectivity index (χ1v) is 6.34. The van der Waals surface area contributed by atoms with E-state index in [1.807, 2.05) is 18.2 Å². The number of benzene rings is 1. The van der Waals surface area contributed by atoms with Gasteiger partial charge >= 0.3 is 0 Å². The Labute approximate surface area is 112 Å². The molecule has 0 amide bonds. The summed E-state index contributed by atoms with van der Waals surface area (Å²) in [5.74, 6) is 0.642. The van der Waals surface area contributed by atoms with Crippen LogP contribution in [0.2, 0.25) is 5.02 Å². The third kappa shape index (κ3) is 2.93. The van der Waals surface area contributed by atoms with Crippen LogP contribution in [-0.2, 0) is 6.42 Å². The molecule has 1 aromatic carbocycles. The number of nitrogens with two attached hydrogens (primary N) is 1. The van der Waals surface area contributed by atoms with Gasteiger partial charge in [0.05, 0.1) is 10.7 Å². The summed E-state index contributed by atoms with van der Waals surface area (Å²) in [6.45, 7) is 2.16. The Morgan fingerprint density at radius 3 is 2.83 bits per heavy atom. The molecule has 0 fully saturated rings. The second-order valence-corrected chi connectivity index (χ2v) is 4.56. The van der Waals surface area contributed by atoms with Gasteiger partial charge in [0, 0.05) is 11.9 Å². The molecule has 2 rings (SSSR count). The molecule has 0 atom stereocenters. The molecular formula is C14H16ClN3. The van der Waals surface area contributed by atoms with Crippen molar-refractivity contribution in [3.05, 3.63) is 47.1 Å². The summed E-state index contributed by atoms with van der Waals surface area (Å²) in [6.07, 6.45) is 3.71. The Kier molecular flexibility index (Phi) is 4.05. The van der Waals surface area contributed by atoms with Crippen molar-refractivity contribution in [1.82, 2.24) is 4.98 Å². The molecule has 0 aliphatic rings. The first-order chi connectivity index (χ1) is 8.70. The van der Waals surface area contributed by atoms with Gasteiger partial charge < -0.3 is 11.1 Å². The molecule has 0 spiro atoms. The van der Waals surface area contributed by atoms with Gasteiger partial charge in [-0.3, -0.25) is 0 Å². The molecule has 94 valence electrons. The second-order valence-electron chi connectivity index (χ2n) is 4.12. The van der Waals surface area contributed by atoms with Gasteiger partial charge in [0.1, 0.15) is 0 Å². The van der Waals surface area contributed by atoms with Crippen LogP contribution in [-0.4, -0.2) is 4.98 Å². The summed E-state index contributed by atoms with van der Waals surface area (Å²) in [7, 11) is 0. The van der Waals surface area contributed by atoms with Crippen molar-refractivity contribution in [3.63, 3.8) is 0 Å². The minimum Gasteiger partial charge on any atom is -0.396 e. The van der Waals surface area contributed by atoms with Gasteiger partial charge in [-0.05, 0) is 24.1 Å². The van der Waals surface area contributed by atoms with E-state index in [9.17, 15) is 0 Å². The number of aromatic nitrogens is 1. The van der Waals surface area contributed by atoms with Crippen molar-refractivity contribution in [1.29, 1.82) is 0 Å². The van der Waals surface area contributed by atoms with Crippen molar-refractivity contribution < 1.29 is 0 Å². The van der Waals surface area contributed by atoms with Crippen LogP contribution in [0.25, 0.3) is 0 Å². The van der Waals surface area contributed by atoms with E-state index in [-0.39, 0.29) is 0 Å². The number of pyridine rings is 1. The number of rotatable bonds is 4. The highest BCUT2D eigenvalue weighted by Crippen LogP contribution is 2.25. The molecule has 0 saturated heterocycles. The van der Waals surface area contributed by atoms with E-state index in [0.29, 0.717) is 16.5 Å². The predicted molar refractivity (Wildman–Crippen MR) is 77.4 cm³/mol. The van der Waals surface area contributed by atoms with Gasteiger partial charge in [0.15, 0.2) is 5.82 Å². The highest BCUT2D eigenvalue weighted by Gasteiger charge is 2.05. The van der Waals surface area contributed by atoms with Crippen molar-refractivity contribution in [3.8, 4) is 0 Å².